The van der Waals surface area contributed by atoms with E-state index >= 15 is 0 Å². The molecule has 6 heteroatoms. The molecule has 5 aliphatic rings. The zero-order valence-corrected chi connectivity index (χ0v) is 16.8. The van der Waals surface area contributed by atoms with Crippen LogP contribution in [0.15, 0.2) is 54.6 Å². The van der Waals surface area contributed by atoms with Crippen LogP contribution in [0, 0.1) is 11.8 Å². The number of likely N-dealkylation sites (N-methyl/N-ethyl adjacent to an activating group) is 1. The minimum atomic E-state index is -0.995. The van der Waals surface area contributed by atoms with E-state index in [1.165, 1.54) is 0 Å². The van der Waals surface area contributed by atoms with Crippen molar-refractivity contribution in [1.29, 1.82) is 0 Å². The van der Waals surface area contributed by atoms with Crippen molar-refractivity contribution in [2.75, 3.05) is 18.6 Å². The Labute approximate surface area is 175 Å². The van der Waals surface area contributed by atoms with Gasteiger partial charge in [-0.1, -0.05) is 48.5 Å². The van der Waals surface area contributed by atoms with E-state index in [4.69, 9.17) is 4.74 Å². The van der Waals surface area contributed by atoms with Gasteiger partial charge in [0.15, 0.2) is 0 Å². The molecule has 4 aliphatic heterocycles. The van der Waals surface area contributed by atoms with Gasteiger partial charge >= 0.3 is 0 Å². The van der Waals surface area contributed by atoms with Crippen LogP contribution in [0.25, 0.3) is 0 Å². The van der Waals surface area contributed by atoms with Crippen molar-refractivity contribution >= 4 is 17.5 Å². The van der Waals surface area contributed by atoms with E-state index in [2.05, 4.69) is 0 Å². The molecule has 4 bridgehead atoms. The number of aliphatic hydroxyl groups is 1. The summed E-state index contributed by atoms with van der Waals surface area (Å²) < 4.78 is 6.18. The molecule has 154 valence electrons. The topological polar surface area (TPSA) is 70.1 Å². The fourth-order valence-corrected chi connectivity index (χ4v) is 6.38. The normalized spacial score (nSPS) is 36.5. The summed E-state index contributed by atoms with van der Waals surface area (Å²) in [6, 6.07) is 17.5. The third-order valence-electron chi connectivity index (χ3n) is 7.72. The monoisotopic (exact) mass is 404 g/mol. The van der Waals surface area contributed by atoms with Crippen LogP contribution < -0.4 is 4.90 Å². The van der Waals surface area contributed by atoms with Crippen LogP contribution in [0.4, 0.5) is 5.69 Å². The number of rotatable bonds is 2. The zero-order chi connectivity index (χ0) is 20.6. The average Bonchev–Trinajstić information content (AvgIpc) is 3.01. The Morgan fingerprint density at radius 2 is 1.83 bits per heavy atom. The van der Waals surface area contributed by atoms with E-state index in [0.29, 0.717) is 19.6 Å². The van der Waals surface area contributed by atoms with Crippen LogP contribution in [-0.2, 0) is 26.3 Å². The maximum Gasteiger partial charge on any atom is 0.240 e. The molecule has 2 aromatic carbocycles. The second-order valence-corrected chi connectivity index (χ2v) is 9.01. The molecule has 2 aromatic rings. The summed E-state index contributed by atoms with van der Waals surface area (Å²) in [5.74, 6) is -0.676. The number of hydrogen-bond donors (Lipinski definition) is 1. The Hall–Kier alpha value is -2.70. The Morgan fingerprint density at radius 3 is 2.63 bits per heavy atom. The minimum absolute atomic E-state index is 0.0170. The number of nitrogens with zero attached hydrogens (tertiary/aromatic N) is 2. The molecule has 6 nitrogen and oxygen atoms in total. The quantitative estimate of drug-likeness (QED) is 0.827. The smallest absolute Gasteiger partial charge is 0.240 e. The Balaban J connectivity index is 1.49. The summed E-state index contributed by atoms with van der Waals surface area (Å²) in [5.41, 5.74) is 1.85. The van der Waals surface area contributed by atoms with Gasteiger partial charge in [-0.3, -0.25) is 9.59 Å². The van der Waals surface area contributed by atoms with Gasteiger partial charge in [-0.05, 0) is 23.6 Å². The molecule has 3 saturated heterocycles. The summed E-state index contributed by atoms with van der Waals surface area (Å²) >= 11 is 0. The summed E-state index contributed by atoms with van der Waals surface area (Å²) in [4.78, 5) is 30.6. The number of carbonyl (C=O) groups excluding carboxylic acids is 2. The number of ether oxygens (including phenoxy) is 1. The fraction of sp³-hybridized carbons (Fsp3) is 0.417. The first-order chi connectivity index (χ1) is 14.5. The van der Waals surface area contributed by atoms with Crippen molar-refractivity contribution in [3.63, 3.8) is 0 Å². The van der Waals surface area contributed by atoms with Crippen molar-refractivity contribution < 1.29 is 19.4 Å². The van der Waals surface area contributed by atoms with Crippen LogP contribution in [0.3, 0.4) is 0 Å². The zero-order valence-electron chi connectivity index (χ0n) is 16.8. The van der Waals surface area contributed by atoms with Crippen molar-refractivity contribution in [3.8, 4) is 0 Å². The van der Waals surface area contributed by atoms with E-state index in [1.54, 1.807) is 11.9 Å². The first-order valence-corrected chi connectivity index (χ1v) is 10.6. The number of carbonyl (C=O) groups is 2. The Kier molecular flexibility index (Phi) is 3.71. The Morgan fingerprint density at radius 1 is 1.10 bits per heavy atom. The van der Waals surface area contributed by atoms with Crippen molar-refractivity contribution in [3.05, 3.63) is 65.7 Å². The van der Waals surface area contributed by atoms with Crippen LogP contribution in [-0.4, -0.2) is 53.7 Å². The fourth-order valence-electron chi connectivity index (χ4n) is 6.38. The molecule has 1 N–H and O–H groups in total. The number of benzene rings is 2. The van der Waals surface area contributed by atoms with Gasteiger partial charge in [-0.2, -0.15) is 0 Å². The first kappa shape index (κ1) is 18.1. The standard InChI is InChI=1S/C24H24N2O4/c1-25-17-10-6-5-9-16(17)24(23(25)29)11-18-15-13-30-21(24)20(27)19(15)22(28)26(18)12-14-7-3-2-4-8-14/h2-10,15,18-21,27H,11-13H2,1H3/t15-,18+,19+,20+,21+,24+/m0/s1. The summed E-state index contributed by atoms with van der Waals surface area (Å²) in [5, 5.41) is 11.3. The predicted octanol–water partition coefficient (Wildman–Crippen LogP) is 1.71. The van der Waals surface area contributed by atoms with Gasteiger partial charge in [0.2, 0.25) is 11.8 Å². The summed E-state index contributed by atoms with van der Waals surface area (Å²) in [7, 11) is 1.78. The highest BCUT2D eigenvalue weighted by Gasteiger charge is 2.69. The van der Waals surface area contributed by atoms with E-state index in [-0.39, 0.29) is 23.8 Å². The molecule has 30 heavy (non-hydrogen) atoms. The van der Waals surface area contributed by atoms with Gasteiger partial charge in [0.1, 0.15) is 11.5 Å². The van der Waals surface area contributed by atoms with Crippen LogP contribution in [0.1, 0.15) is 17.5 Å². The lowest BCUT2D eigenvalue weighted by molar-refractivity contribution is -0.165. The molecule has 4 heterocycles. The highest BCUT2D eigenvalue weighted by Crippen LogP contribution is 2.57. The number of aliphatic hydroxyl groups excluding tert-OH is 1. The first-order valence-electron chi connectivity index (χ1n) is 10.6. The molecule has 2 amide bonds. The maximum atomic E-state index is 13.7. The van der Waals surface area contributed by atoms with Crippen LogP contribution in [0.2, 0.25) is 0 Å². The van der Waals surface area contributed by atoms with Gasteiger partial charge in [-0.25, -0.2) is 0 Å². The third kappa shape index (κ3) is 2.10. The molecule has 1 spiro atoms. The lowest BCUT2D eigenvalue weighted by atomic mass is 9.70. The van der Waals surface area contributed by atoms with Gasteiger partial charge < -0.3 is 19.6 Å². The number of fused-ring (bicyclic) bond motifs is 2. The van der Waals surface area contributed by atoms with Gasteiger partial charge in [0.05, 0.1) is 18.6 Å². The molecule has 7 rings (SSSR count). The number of likely N-dealkylation sites (tertiary alicyclic amines) is 1. The molecule has 6 atom stereocenters. The van der Waals surface area contributed by atoms with Crippen molar-refractivity contribution in [2.45, 2.75) is 36.6 Å². The van der Waals surface area contributed by atoms with E-state index in [1.807, 2.05) is 59.5 Å². The molecule has 4 fully saturated rings. The Bertz CT molecular complexity index is 1040. The molecule has 1 saturated carbocycles. The van der Waals surface area contributed by atoms with Crippen molar-refractivity contribution in [1.82, 2.24) is 4.90 Å². The molecular formula is C24H24N2O4. The average molecular weight is 404 g/mol. The second-order valence-electron chi connectivity index (χ2n) is 9.01. The highest BCUT2D eigenvalue weighted by atomic mass is 16.5. The minimum Gasteiger partial charge on any atom is -0.390 e. The maximum absolute atomic E-state index is 13.7. The number of para-hydroxylation sites is 1. The SMILES string of the molecule is CN1C(=O)[C@]2(C[C@@H]3[C@@H]4CO[C@@H]2[C@H](O)[C@@H]4C(=O)N3Cc2ccccc2)c2ccccc21. The lowest BCUT2D eigenvalue weighted by Crippen LogP contribution is -2.59. The summed E-state index contributed by atoms with van der Waals surface area (Å²) in [6.07, 6.45) is -1.22. The molecule has 0 unspecified atom stereocenters. The third-order valence-corrected chi connectivity index (χ3v) is 7.72. The van der Waals surface area contributed by atoms with Crippen LogP contribution in [0.5, 0.6) is 0 Å². The molecule has 0 radical (unpaired) electrons. The van der Waals surface area contributed by atoms with E-state index < -0.39 is 23.5 Å². The number of anilines is 1. The van der Waals surface area contributed by atoms with Crippen molar-refractivity contribution in [2.24, 2.45) is 11.8 Å². The molecule has 0 aromatic heterocycles. The molecular weight excluding hydrogens is 380 g/mol. The highest BCUT2D eigenvalue weighted by molar-refractivity contribution is 6.08. The van der Waals surface area contributed by atoms with Gasteiger partial charge in [0.25, 0.3) is 0 Å². The lowest BCUT2D eigenvalue weighted by Gasteiger charge is -2.42. The largest absolute Gasteiger partial charge is 0.390 e. The second kappa shape index (κ2) is 6.15. The van der Waals surface area contributed by atoms with E-state index in [0.717, 1.165) is 16.8 Å². The van der Waals surface area contributed by atoms with Gasteiger partial charge in [0, 0.05) is 31.2 Å². The van der Waals surface area contributed by atoms with Crippen LogP contribution >= 0.6 is 0 Å². The summed E-state index contributed by atoms with van der Waals surface area (Å²) in [6.45, 7) is 0.880. The molecule has 1 aliphatic carbocycles. The van der Waals surface area contributed by atoms with E-state index in [9.17, 15) is 14.7 Å². The number of amides is 2. The predicted molar refractivity (Wildman–Crippen MR) is 110 cm³/mol. The van der Waals surface area contributed by atoms with Gasteiger partial charge in [-0.15, -0.1) is 0 Å². The number of hydrogen-bond acceptors (Lipinski definition) is 4.